The Morgan fingerprint density at radius 3 is 2.44 bits per heavy atom. The zero-order valence-electron chi connectivity index (χ0n) is 12.1. The lowest BCUT2D eigenvalue weighted by Gasteiger charge is -2.43. The lowest BCUT2D eigenvalue weighted by molar-refractivity contribution is 0.103. The first-order chi connectivity index (χ1) is 8.53. The van der Waals surface area contributed by atoms with Gasteiger partial charge >= 0.3 is 0 Å². The largest absolute Gasteiger partial charge is 0.495 e. The maximum atomic E-state index is 6.49. The van der Waals surface area contributed by atoms with Gasteiger partial charge in [-0.25, -0.2) is 0 Å². The molecule has 1 aromatic rings. The van der Waals surface area contributed by atoms with E-state index in [2.05, 4.69) is 37.8 Å². The molecule has 1 rings (SSSR count). The Balaban J connectivity index is 3.21. The van der Waals surface area contributed by atoms with E-state index >= 15 is 0 Å². The summed E-state index contributed by atoms with van der Waals surface area (Å²) in [6.45, 7) is 4.33. The molecule has 0 aliphatic carbocycles. The molecule has 0 aliphatic heterocycles. The highest BCUT2D eigenvalue weighted by Gasteiger charge is 2.38. The molecular formula is C14H25N3O. The third-order valence-electron chi connectivity index (χ3n) is 4.01. The highest BCUT2D eigenvalue weighted by atomic mass is 16.5. The Hall–Kier alpha value is -1.13. The summed E-state index contributed by atoms with van der Waals surface area (Å²) in [6.07, 6.45) is 3.71. The van der Waals surface area contributed by atoms with Gasteiger partial charge in [0, 0.05) is 11.7 Å². The van der Waals surface area contributed by atoms with Gasteiger partial charge in [-0.1, -0.05) is 13.8 Å². The number of hydrogen-bond acceptors (Lipinski definition) is 4. The standard InChI is InChI=1S/C14H25N3O/c1-6-14(7-2,17(3)4)13(15)12-11(18-5)9-8-10-16-12/h8-10,13H,6-7,15H2,1-5H3. The minimum atomic E-state index is -0.168. The summed E-state index contributed by atoms with van der Waals surface area (Å²) in [4.78, 5) is 6.62. The van der Waals surface area contributed by atoms with Crippen LogP contribution in [0.3, 0.4) is 0 Å². The second-order valence-corrected chi connectivity index (χ2v) is 4.77. The summed E-state index contributed by atoms with van der Waals surface area (Å²) in [6, 6.07) is 3.61. The number of pyridine rings is 1. The minimum absolute atomic E-state index is 0.0956. The van der Waals surface area contributed by atoms with E-state index in [1.807, 2.05) is 12.1 Å². The number of methoxy groups -OCH3 is 1. The lowest BCUT2D eigenvalue weighted by atomic mass is 9.81. The van der Waals surface area contributed by atoms with Crippen molar-refractivity contribution < 1.29 is 4.74 Å². The summed E-state index contributed by atoms with van der Waals surface area (Å²) in [5.74, 6) is 0.762. The Morgan fingerprint density at radius 1 is 1.39 bits per heavy atom. The molecule has 0 saturated carbocycles. The first-order valence-electron chi connectivity index (χ1n) is 6.45. The molecule has 0 saturated heterocycles. The van der Waals surface area contributed by atoms with Gasteiger partial charge in [0.05, 0.1) is 13.2 Å². The van der Waals surface area contributed by atoms with E-state index < -0.39 is 0 Å². The van der Waals surface area contributed by atoms with Gasteiger partial charge < -0.3 is 15.4 Å². The quantitative estimate of drug-likeness (QED) is 0.842. The third-order valence-corrected chi connectivity index (χ3v) is 4.01. The van der Waals surface area contributed by atoms with Crippen LogP contribution in [0.5, 0.6) is 5.75 Å². The molecule has 102 valence electrons. The fourth-order valence-electron chi connectivity index (χ4n) is 2.66. The van der Waals surface area contributed by atoms with Crippen molar-refractivity contribution in [2.24, 2.45) is 5.73 Å². The highest BCUT2D eigenvalue weighted by molar-refractivity contribution is 5.31. The van der Waals surface area contributed by atoms with Crippen LogP contribution in [-0.4, -0.2) is 36.6 Å². The minimum Gasteiger partial charge on any atom is -0.495 e. The molecule has 4 nitrogen and oxygen atoms in total. The van der Waals surface area contributed by atoms with E-state index in [9.17, 15) is 0 Å². The molecule has 0 radical (unpaired) electrons. The van der Waals surface area contributed by atoms with Crippen LogP contribution in [0.25, 0.3) is 0 Å². The number of likely N-dealkylation sites (N-methyl/N-ethyl adjacent to an activating group) is 1. The molecule has 1 aromatic heterocycles. The van der Waals surface area contributed by atoms with Crippen molar-refractivity contribution in [3.63, 3.8) is 0 Å². The normalized spacial score (nSPS) is 13.7. The molecule has 0 fully saturated rings. The predicted molar refractivity (Wildman–Crippen MR) is 74.7 cm³/mol. The molecule has 0 spiro atoms. The fraction of sp³-hybridized carbons (Fsp3) is 0.643. The second kappa shape index (κ2) is 6.16. The molecule has 0 bridgehead atoms. The molecule has 0 aliphatic rings. The van der Waals surface area contributed by atoms with Gasteiger partial charge in [-0.2, -0.15) is 0 Å². The van der Waals surface area contributed by atoms with Crippen LogP contribution < -0.4 is 10.5 Å². The number of ether oxygens (including phenoxy) is 1. The fourth-order valence-corrected chi connectivity index (χ4v) is 2.66. The molecule has 18 heavy (non-hydrogen) atoms. The topological polar surface area (TPSA) is 51.4 Å². The van der Waals surface area contributed by atoms with Gasteiger partial charge in [0.1, 0.15) is 11.4 Å². The predicted octanol–water partition coefficient (Wildman–Crippen LogP) is 2.21. The molecule has 0 amide bonds. The molecule has 1 heterocycles. The number of nitrogens with zero attached hydrogens (tertiary/aromatic N) is 2. The zero-order valence-corrected chi connectivity index (χ0v) is 12.1. The van der Waals surface area contributed by atoms with Crippen molar-refractivity contribution in [3.05, 3.63) is 24.0 Å². The van der Waals surface area contributed by atoms with Crippen LogP contribution in [0.2, 0.25) is 0 Å². The summed E-state index contributed by atoms with van der Waals surface area (Å²) in [7, 11) is 5.80. The van der Waals surface area contributed by atoms with E-state index in [0.717, 1.165) is 24.3 Å². The number of rotatable bonds is 6. The zero-order chi connectivity index (χ0) is 13.8. The average molecular weight is 251 g/mol. The van der Waals surface area contributed by atoms with Crippen molar-refractivity contribution in [1.29, 1.82) is 0 Å². The van der Waals surface area contributed by atoms with Crippen LogP contribution >= 0.6 is 0 Å². The monoisotopic (exact) mass is 251 g/mol. The molecule has 2 N–H and O–H groups in total. The Bertz CT molecular complexity index is 375. The van der Waals surface area contributed by atoms with Crippen molar-refractivity contribution in [2.75, 3.05) is 21.2 Å². The Morgan fingerprint density at radius 2 is 2.00 bits per heavy atom. The van der Waals surface area contributed by atoms with E-state index in [4.69, 9.17) is 10.5 Å². The maximum Gasteiger partial charge on any atom is 0.142 e. The van der Waals surface area contributed by atoms with Crippen molar-refractivity contribution in [2.45, 2.75) is 38.3 Å². The lowest BCUT2D eigenvalue weighted by Crippen LogP contribution is -2.51. The van der Waals surface area contributed by atoms with Crippen LogP contribution in [0, 0.1) is 0 Å². The summed E-state index contributed by atoms with van der Waals surface area (Å²) < 4.78 is 5.37. The van der Waals surface area contributed by atoms with Gasteiger partial charge in [-0.3, -0.25) is 4.98 Å². The van der Waals surface area contributed by atoms with Crippen LogP contribution in [0.1, 0.15) is 38.4 Å². The van der Waals surface area contributed by atoms with E-state index in [-0.39, 0.29) is 11.6 Å². The first-order valence-corrected chi connectivity index (χ1v) is 6.45. The first kappa shape index (κ1) is 14.9. The van der Waals surface area contributed by atoms with Crippen molar-refractivity contribution in [3.8, 4) is 5.75 Å². The van der Waals surface area contributed by atoms with E-state index in [0.29, 0.717) is 0 Å². The highest BCUT2D eigenvalue weighted by Crippen LogP contribution is 2.36. The van der Waals surface area contributed by atoms with E-state index in [1.165, 1.54) is 0 Å². The van der Waals surface area contributed by atoms with Gasteiger partial charge in [0.2, 0.25) is 0 Å². The Kier molecular flexibility index (Phi) is 5.11. The molecule has 1 atom stereocenters. The van der Waals surface area contributed by atoms with Crippen LogP contribution in [-0.2, 0) is 0 Å². The van der Waals surface area contributed by atoms with E-state index in [1.54, 1.807) is 13.3 Å². The van der Waals surface area contributed by atoms with Crippen molar-refractivity contribution >= 4 is 0 Å². The second-order valence-electron chi connectivity index (χ2n) is 4.77. The molecule has 1 unspecified atom stereocenters. The molecule has 0 aromatic carbocycles. The number of nitrogens with two attached hydrogens (primary N) is 1. The van der Waals surface area contributed by atoms with Crippen LogP contribution in [0.4, 0.5) is 0 Å². The summed E-state index contributed by atoms with van der Waals surface area (Å²) in [5, 5.41) is 0. The average Bonchev–Trinajstić information content (AvgIpc) is 2.40. The smallest absolute Gasteiger partial charge is 0.142 e. The van der Waals surface area contributed by atoms with Crippen molar-refractivity contribution in [1.82, 2.24) is 9.88 Å². The number of hydrogen-bond donors (Lipinski definition) is 1. The Labute approximate surface area is 110 Å². The molecule has 4 heteroatoms. The van der Waals surface area contributed by atoms with Gasteiger partial charge in [-0.05, 0) is 39.1 Å². The number of aromatic nitrogens is 1. The van der Waals surface area contributed by atoms with Crippen LogP contribution in [0.15, 0.2) is 18.3 Å². The third kappa shape index (κ3) is 2.49. The SMILES string of the molecule is CCC(CC)(C(N)c1ncccc1OC)N(C)C. The van der Waals surface area contributed by atoms with Gasteiger partial charge in [0.25, 0.3) is 0 Å². The maximum absolute atomic E-state index is 6.49. The van der Waals surface area contributed by atoms with Gasteiger partial charge in [-0.15, -0.1) is 0 Å². The summed E-state index contributed by atoms with van der Waals surface area (Å²) in [5.41, 5.74) is 7.22. The van der Waals surface area contributed by atoms with Gasteiger partial charge in [0.15, 0.2) is 0 Å². The summed E-state index contributed by atoms with van der Waals surface area (Å²) >= 11 is 0. The molecular weight excluding hydrogens is 226 g/mol.